The number of aromatic carboxylic acids is 1. The van der Waals surface area contributed by atoms with E-state index in [0.29, 0.717) is 23.5 Å². The number of carboxylic acids is 1. The van der Waals surface area contributed by atoms with E-state index in [2.05, 4.69) is 15.1 Å². The Labute approximate surface area is 146 Å². The number of alkyl halides is 1. The van der Waals surface area contributed by atoms with Gasteiger partial charge in [0.2, 0.25) is 0 Å². The lowest BCUT2D eigenvalue weighted by Gasteiger charge is -2.25. The lowest BCUT2D eigenvalue weighted by molar-refractivity contribution is 0.0698. The van der Waals surface area contributed by atoms with E-state index in [4.69, 9.17) is 0 Å². The van der Waals surface area contributed by atoms with Crippen LogP contribution in [0.5, 0.6) is 0 Å². The number of H-pyrrole nitrogens is 1. The quantitative estimate of drug-likeness (QED) is 0.739. The van der Waals surface area contributed by atoms with Gasteiger partial charge in [-0.25, -0.2) is 18.7 Å². The summed E-state index contributed by atoms with van der Waals surface area (Å²) in [5.41, 5.74) is 0.910. The van der Waals surface area contributed by atoms with Crippen molar-refractivity contribution >= 4 is 17.4 Å². The fourth-order valence-electron chi connectivity index (χ4n) is 3.41. The standard InChI is InChI=1S/C17H16FN5O3/c18-7-10-6-11(16(24)19-8-10)13-2-1-4-22(13)14-3-5-23-15(21-14)12(9-20-23)17(25)26/h3,5-6,8-9,13H,1-2,4,7H2,(H,19,24)(H,25,26). The number of anilines is 1. The third kappa shape index (κ3) is 2.61. The molecule has 1 atom stereocenters. The monoisotopic (exact) mass is 357 g/mol. The molecule has 0 radical (unpaired) electrons. The highest BCUT2D eigenvalue weighted by Gasteiger charge is 2.30. The van der Waals surface area contributed by atoms with Crippen molar-refractivity contribution in [3.63, 3.8) is 0 Å². The van der Waals surface area contributed by atoms with Crippen LogP contribution in [-0.2, 0) is 6.67 Å². The zero-order valence-corrected chi connectivity index (χ0v) is 13.7. The second kappa shape index (κ2) is 6.25. The Balaban J connectivity index is 1.77. The van der Waals surface area contributed by atoms with Gasteiger partial charge >= 0.3 is 5.97 Å². The molecule has 26 heavy (non-hydrogen) atoms. The molecule has 0 spiro atoms. The average molecular weight is 357 g/mol. The molecule has 8 nitrogen and oxygen atoms in total. The van der Waals surface area contributed by atoms with E-state index in [1.807, 2.05) is 4.90 Å². The molecular weight excluding hydrogens is 341 g/mol. The summed E-state index contributed by atoms with van der Waals surface area (Å²) < 4.78 is 14.4. The van der Waals surface area contributed by atoms with Crippen molar-refractivity contribution in [3.8, 4) is 0 Å². The van der Waals surface area contributed by atoms with E-state index < -0.39 is 12.6 Å². The maximum Gasteiger partial charge on any atom is 0.341 e. The number of carboxylic acid groups (broad SMARTS) is 1. The third-order valence-electron chi connectivity index (χ3n) is 4.64. The van der Waals surface area contributed by atoms with Crippen molar-refractivity contribution < 1.29 is 14.3 Å². The molecule has 0 aromatic carbocycles. The van der Waals surface area contributed by atoms with Crippen molar-refractivity contribution in [1.82, 2.24) is 19.6 Å². The van der Waals surface area contributed by atoms with E-state index in [1.54, 1.807) is 18.3 Å². The molecule has 0 aliphatic carbocycles. The molecule has 0 bridgehead atoms. The van der Waals surface area contributed by atoms with E-state index in [1.165, 1.54) is 16.9 Å². The number of aromatic amines is 1. The predicted molar refractivity (Wildman–Crippen MR) is 91.1 cm³/mol. The molecule has 1 unspecified atom stereocenters. The highest BCUT2D eigenvalue weighted by atomic mass is 19.1. The second-order valence-corrected chi connectivity index (χ2v) is 6.19. The molecule has 2 N–H and O–H groups in total. The number of nitrogens with zero attached hydrogens (tertiary/aromatic N) is 4. The van der Waals surface area contributed by atoms with Gasteiger partial charge in [-0.2, -0.15) is 5.10 Å². The van der Waals surface area contributed by atoms with Gasteiger partial charge in [-0.3, -0.25) is 4.79 Å². The van der Waals surface area contributed by atoms with Crippen LogP contribution >= 0.6 is 0 Å². The number of pyridine rings is 1. The number of carbonyl (C=O) groups is 1. The van der Waals surface area contributed by atoms with Crippen molar-refractivity contribution in [3.05, 3.63) is 57.8 Å². The fraction of sp³-hybridized carbons (Fsp3) is 0.294. The van der Waals surface area contributed by atoms with Crippen molar-refractivity contribution in [2.45, 2.75) is 25.6 Å². The van der Waals surface area contributed by atoms with Crippen molar-refractivity contribution in [2.24, 2.45) is 0 Å². The van der Waals surface area contributed by atoms with Crippen LogP contribution in [0, 0.1) is 0 Å². The summed E-state index contributed by atoms with van der Waals surface area (Å²) in [7, 11) is 0. The SMILES string of the molecule is O=C(O)c1cnn2ccc(N3CCCC3c3cc(CF)c[nH]c3=O)nc12. The van der Waals surface area contributed by atoms with Crippen LogP contribution in [0.25, 0.3) is 5.65 Å². The Morgan fingerprint density at radius 3 is 3.08 bits per heavy atom. The van der Waals surface area contributed by atoms with Crippen LogP contribution < -0.4 is 10.5 Å². The molecule has 3 aromatic rings. The minimum atomic E-state index is -1.10. The first kappa shape index (κ1) is 16.2. The van der Waals surface area contributed by atoms with Crippen LogP contribution in [-0.4, -0.2) is 37.2 Å². The molecule has 1 aliphatic heterocycles. The predicted octanol–water partition coefficient (Wildman–Crippen LogP) is 1.93. The summed E-state index contributed by atoms with van der Waals surface area (Å²) in [6, 6.07) is 3.08. The maximum atomic E-state index is 13.0. The minimum Gasteiger partial charge on any atom is -0.477 e. The Morgan fingerprint density at radius 1 is 1.46 bits per heavy atom. The first-order chi connectivity index (χ1) is 12.6. The Bertz CT molecular complexity index is 1040. The van der Waals surface area contributed by atoms with Gasteiger partial charge in [0.05, 0.1) is 12.2 Å². The Morgan fingerprint density at radius 2 is 2.31 bits per heavy atom. The van der Waals surface area contributed by atoms with Crippen molar-refractivity contribution in [1.29, 1.82) is 0 Å². The molecule has 4 heterocycles. The van der Waals surface area contributed by atoms with E-state index >= 15 is 0 Å². The zero-order chi connectivity index (χ0) is 18.3. The van der Waals surface area contributed by atoms with Gasteiger partial charge in [-0.05, 0) is 30.5 Å². The van der Waals surface area contributed by atoms with Gasteiger partial charge in [0.1, 0.15) is 18.1 Å². The fourth-order valence-corrected chi connectivity index (χ4v) is 3.41. The van der Waals surface area contributed by atoms with E-state index in [9.17, 15) is 19.1 Å². The van der Waals surface area contributed by atoms with Gasteiger partial charge in [-0.15, -0.1) is 0 Å². The van der Waals surface area contributed by atoms with Crippen molar-refractivity contribution in [2.75, 3.05) is 11.4 Å². The van der Waals surface area contributed by atoms with Crippen LogP contribution in [0.2, 0.25) is 0 Å². The minimum absolute atomic E-state index is 0.0138. The Hall–Kier alpha value is -3.23. The molecule has 0 saturated carbocycles. The lowest BCUT2D eigenvalue weighted by atomic mass is 10.0. The molecule has 0 amide bonds. The molecule has 1 fully saturated rings. The second-order valence-electron chi connectivity index (χ2n) is 6.19. The largest absolute Gasteiger partial charge is 0.477 e. The number of rotatable bonds is 4. The molecular formula is C17H16FN5O3. The summed E-state index contributed by atoms with van der Waals surface area (Å²) in [6.07, 6.45) is 5.85. The van der Waals surface area contributed by atoms with E-state index in [0.717, 1.165) is 12.8 Å². The lowest BCUT2D eigenvalue weighted by Crippen LogP contribution is -2.28. The normalized spacial score (nSPS) is 17.1. The van der Waals surface area contributed by atoms with Gasteiger partial charge in [0, 0.05) is 24.5 Å². The smallest absolute Gasteiger partial charge is 0.341 e. The first-order valence-electron chi connectivity index (χ1n) is 8.20. The van der Waals surface area contributed by atoms with Gasteiger partial charge in [-0.1, -0.05) is 0 Å². The third-order valence-corrected chi connectivity index (χ3v) is 4.64. The summed E-state index contributed by atoms with van der Waals surface area (Å²) in [5.74, 6) is -0.539. The van der Waals surface area contributed by atoms with Crippen LogP contribution in [0.1, 0.15) is 40.4 Å². The van der Waals surface area contributed by atoms with Crippen LogP contribution in [0.15, 0.2) is 35.5 Å². The highest BCUT2D eigenvalue weighted by molar-refractivity contribution is 5.94. The summed E-state index contributed by atoms with van der Waals surface area (Å²) in [5, 5.41) is 13.2. The molecule has 1 saturated heterocycles. The molecule has 9 heteroatoms. The summed E-state index contributed by atoms with van der Waals surface area (Å²) in [4.78, 5) is 32.5. The molecule has 1 aliphatic rings. The zero-order valence-electron chi connectivity index (χ0n) is 13.7. The molecule has 4 rings (SSSR count). The first-order valence-corrected chi connectivity index (χ1v) is 8.20. The highest BCUT2D eigenvalue weighted by Crippen LogP contribution is 2.34. The van der Waals surface area contributed by atoms with Gasteiger partial charge in [0.25, 0.3) is 5.56 Å². The number of aromatic nitrogens is 4. The van der Waals surface area contributed by atoms with E-state index in [-0.39, 0.29) is 22.8 Å². The average Bonchev–Trinajstić information content (AvgIpc) is 3.28. The van der Waals surface area contributed by atoms with Crippen LogP contribution in [0.3, 0.4) is 0 Å². The number of hydrogen-bond donors (Lipinski definition) is 2. The Kier molecular flexibility index (Phi) is 3.90. The van der Waals surface area contributed by atoms with Crippen LogP contribution in [0.4, 0.5) is 10.2 Å². The molecule has 134 valence electrons. The molecule has 3 aromatic heterocycles. The topological polar surface area (TPSA) is 104 Å². The number of hydrogen-bond acceptors (Lipinski definition) is 5. The maximum absolute atomic E-state index is 13.0. The summed E-state index contributed by atoms with van der Waals surface area (Å²) in [6.45, 7) is 0.0161. The summed E-state index contributed by atoms with van der Waals surface area (Å²) >= 11 is 0. The van der Waals surface area contributed by atoms with Gasteiger partial charge < -0.3 is 15.0 Å². The number of halogens is 1. The van der Waals surface area contributed by atoms with Gasteiger partial charge in [0.15, 0.2) is 5.65 Å². The number of fused-ring (bicyclic) bond motifs is 1. The number of nitrogens with one attached hydrogen (secondary N) is 1.